The molecule has 1 aromatic rings. The Bertz CT molecular complexity index is 293. The fourth-order valence-electron chi connectivity index (χ4n) is 1.07. The monoisotopic (exact) mass is 231 g/mol. The Morgan fingerprint density at radius 2 is 2.29 bits per heavy atom. The average Bonchev–Trinajstić information content (AvgIpc) is 2.19. The van der Waals surface area contributed by atoms with Gasteiger partial charge in [-0.25, -0.2) is 0 Å². The van der Waals surface area contributed by atoms with Crippen LogP contribution in [0.15, 0.2) is 23.1 Å². The Morgan fingerprint density at radius 3 is 2.93 bits per heavy atom. The van der Waals surface area contributed by atoms with Crippen LogP contribution in [0.4, 0.5) is 0 Å². The van der Waals surface area contributed by atoms with Crippen molar-refractivity contribution in [3.63, 3.8) is 0 Å². The number of hydrogen-bond donors (Lipinski definition) is 1. The van der Waals surface area contributed by atoms with E-state index in [1.54, 1.807) is 18.9 Å². The molecule has 4 heteroatoms. The number of ether oxygens (including phenoxy) is 1. The second-order valence-corrected chi connectivity index (χ2v) is 4.37. The summed E-state index contributed by atoms with van der Waals surface area (Å²) in [4.78, 5) is 1.15. The van der Waals surface area contributed by atoms with E-state index in [1.165, 1.54) is 0 Å². The van der Waals surface area contributed by atoms with Gasteiger partial charge in [0.25, 0.3) is 0 Å². The summed E-state index contributed by atoms with van der Waals surface area (Å²) in [6, 6.07) is 5.78. The Kier molecular flexibility index (Phi) is 5.33. The third-order valence-corrected chi connectivity index (χ3v) is 3.09. The van der Waals surface area contributed by atoms with Crippen LogP contribution in [0.2, 0.25) is 5.02 Å². The maximum atomic E-state index is 5.90. The summed E-state index contributed by atoms with van der Waals surface area (Å²) in [6.45, 7) is 1.29. The summed E-state index contributed by atoms with van der Waals surface area (Å²) in [6.07, 6.45) is 0. The predicted molar refractivity (Wildman–Crippen MR) is 61.9 cm³/mol. The van der Waals surface area contributed by atoms with Gasteiger partial charge in [0.1, 0.15) is 0 Å². The smallest absolute Gasteiger partial charge is 0.0556 e. The maximum Gasteiger partial charge on any atom is 0.0556 e. The van der Waals surface area contributed by atoms with Crippen LogP contribution in [0.5, 0.6) is 0 Å². The van der Waals surface area contributed by atoms with E-state index in [9.17, 15) is 0 Å². The van der Waals surface area contributed by atoms with E-state index in [-0.39, 0.29) is 0 Å². The zero-order valence-corrected chi connectivity index (χ0v) is 9.70. The molecular formula is C10H14ClNOS. The number of benzene rings is 1. The lowest BCUT2D eigenvalue weighted by Crippen LogP contribution is -1.99. The standard InChI is InChI=1S/C10H14ClNOS/c1-13-4-5-14-10-6-9(11)3-2-8(10)7-12/h2-3,6H,4-5,7,12H2,1H3. The van der Waals surface area contributed by atoms with E-state index >= 15 is 0 Å². The van der Waals surface area contributed by atoms with E-state index in [0.29, 0.717) is 6.54 Å². The molecule has 0 heterocycles. The van der Waals surface area contributed by atoms with E-state index < -0.39 is 0 Å². The van der Waals surface area contributed by atoms with Crippen LogP contribution in [-0.4, -0.2) is 19.5 Å². The molecule has 0 aliphatic carbocycles. The minimum Gasteiger partial charge on any atom is -0.384 e. The highest BCUT2D eigenvalue weighted by Gasteiger charge is 2.02. The molecule has 0 atom stereocenters. The molecule has 1 rings (SSSR count). The zero-order valence-electron chi connectivity index (χ0n) is 8.13. The number of nitrogens with two attached hydrogens (primary N) is 1. The molecule has 0 spiro atoms. The van der Waals surface area contributed by atoms with Gasteiger partial charge in [-0.1, -0.05) is 17.7 Å². The van der Waals surface area contributed by atoms with Crippen molar-refractivity contribution in [3.05, 3.63) is 28.8 Å². The first kappa shape index (κ1) is 11.9. The summed E-state index contributed by atoms with van der Waals surface area (Å²) in [5, 5.41) is 0.752. The number of hydrogen-bond acceptors (Lipinski definition) is 3. The molecule has 0 radical (unpaired) electrons. The van der Waals surface area contributed by atoms with Crippen molar-refractivity contribution in [2.75, 3.05) is 19.5 Å². The highest BCUT2D eigenvalue weighted by Crippen LogP contribution is 2.25. The minimum atomic E-state index is 0.548. The lowest BCUT2D eigenvalue weighted by Gasteiger charge is -2.07. The first-order valence-electron chi connectivity index (χ1n) is 4.38. The van der Waals surface area contributed by atoms with E-state index in [1.807, 2.05) is 18.2 Å². The van der Waals surface area contributed by atoms with Crippen LogP contribution >= 0.6 is 23.4 Å². The van der Waals surface area contributed by atoms with Gasteiger partial charge in [-0.3, -0.25) is 0 Å². The van der Waals surface area contributed by atoms with Gasteiger partial charge in [0, 0.05) is 29.3 Å². The van der Waals surface area contributed by atoms with Crippen molar-refractivity contribution in [2.45, 2.75) is 11.4 Å². The van der Waals surface area contributed by atoms with Crippen LogP contribution < -0.4 is 5.73 Å². The highest BCUT2D eigenvalue weighted by molar-refractivity contribution is 7.99. The van der Waals surface area contributed by atoms with Gasteiger partial charge >= 0.3 is 0 Å². The molecule has 0 saturated carbocycles. The fourth-order valence-corrected chi connectivity index (χ4v) is 2.32. The Labute approximate surface area is 93.8 Å². The lowest BCUT2D eigenvalue weighted by atomic mass is 10.2. The van der Waals surface area contributed by atoms with Crippen molar-refractivity contribution < 1.29 is 4.74 Å². The Hall–Kier alpha value is -0.220. The molecule has 0 bridgehead atoms. The van der Waals surface area contributed by atoms with Crippen molar-refractivity contribution in [2.24, 2.45) is 5.73 Å². The molecule has 2 N–H and O–H groups in total. The summed E-state index contributed by atoms with van der Waals surface area (Å²) < 4.78 is 4.98. The minimum absolute atomic E-state index is 0.548. The summed E-state index contributed by atoms with van der Waals surface area (Å²) in [7, 11) is 1.70. The van der Waals surface area contributed by atoms with Crippen molar-refractivity contribution in [1.82, 2.24) is 0 Å². The van der Waals surface area contributed by atoms with E-state index in [0.717, 1.165) is 27.8 Å². The third kappa shape index (κ3) is 3.50. The molecule has 0 unspecified atom stereocenters. The van der Waals surface area contributed by atoms with Crippen molar-refractivity contribution >= 4 is 23.4 Å². The van der Waals surface area contributed by atoms with Crippen LogP contribution in [-0.2, 0) is 11.3 Å². The summed E-state index contributed by atoms with van der Waals surface area (Å²) >= 11 is 7.62. The Morgan fingerprint density at radius 1 is 1.50 bits per heavy atom. The molecule has 0 aliphatic heterocycles. The number of thioether (sulfide) groups is 1. The number of methoxy groups -OCH3 is 1. The van der Waals surface area contributed by atoms with Gasteiger partial charge in [-0.15, -0.1) is 11.8 Å². The van der Waals surface area contributed by atoms with Crippen molar-refractivity contribution in [1.29, 1.82) is 0 Å². The van der Waals surface area contributed by atoms with Crippen LogP contribution in [0, 0.1) is 0 Å². The van der Waals surface area contributed by atoms with Gasteiger partial charge in [-0.2, -0.15) is 0 Å². The molecule has 0 amide bonds. The highest BCUT2D eigenvalue weighted by atomic mass is 35.5. The summed E-state index contributed by atoms with van der Waals surface area (Å²) in [5.41, 5.74) is 6.75. The zero-order chi connectivity index (χ0) is 10.4. The first-order chi connectivity index (χ1) is 6.77. The molecule has 0 aliphatic rings. The quantitative estimate of drug-likeness (QED) is 0.625. The van der Waals surface area contributed by atoms with E-state index in [4.69, 9.17) is 22.1 Å². The van der Waals surface area contributed by atoms with Crippen molar-refractivity contribution in [3.8, 4) is 0 Å². The van der Waals surface area contributed by atoms with Gasteiger partial charge in [0.15, 0.2) is 0 Å². The molecule has 78 valence electrons. The molecule has 0 aromatic heterocycles. The normalized spacial score (nSPS) is 10.5. The van der Waals surface area contributed by atoms with Gasteiger partial charge in [-0.05, 0) is 17.7 Å². The van der Waals surface area contributed by atoms with Crippen LogP contribution in [0.25, 0.3) is 0 Å². The molecule has 1 aromatic carbocycles. The third-order valence-electron chi connectivity index (χ3n) is 1.79. The number of rotatable bonds is 5. The molecule has 0 fully saturated rings. The molecular weight excluding hydrogens is 218 g/mol. The second-order valence-electron chi connectivity index (χ2n) is 2.80. The molecule has 0 saturated heterocycles. The summed E-state index contributed by atoms with van der Waals surface area (Å²) in [5.74, 6) is 0.920. The first-order valence-corrected chi connectivity index (χ1v) is 5.74. The van der Waals surface area contributed by atoms with Gasteiger partial charge in [0.2, 0.25) is 0 Å². The van der Waals surface area contributed by atoms with Gasteiger partial charge in [0.05, 0.1) is 6.61 Å². The number of halogens is 1. The fraction of sp³-hybridized carbons (Fsp3) is 0.400. The van der Waals surface area contributed by atoms with Gasteiger partial charge < -0.3 is 10.5 Å². The predicted octanol–water partition coefficient (Wildman–Crippen LogP) is 2.54. The maximum absolute atomic E-state index is 5.90. The second kappa shape index (κ2) is 6.30. The largest absolute Gasteiger partial charge is 0.384 e. The molecule has 14 heavy (non-hydrogen) atoms. The molecule has 2 nitrogen and oxygen atoms in total. The van der Waals surface area contributed by atoms with Crippen LogP contribution in [0.3, 0.4) is 0 Å². The average molecular weight is 232 g/mol. The van der Waals surface area contributed by atoms with E-state index in [2.05, 4.69) is 0 Å². The van der Waals surface area contributed by atoms with Crippen LogP contribution in [0.1, 0.15) is 5.56 Å². The Balaban J connectivity index is 2.67. The SMILES string of the molecule is COCCSc1cc(Cl)ccc1CN. The lowest BCUT2D eigenvalue weighted by molar-refractivity contribution is 0.218. The topological polar surface area (TPSA) is 35.2 Å².